The third-order valence-electron chi connectivity index (χ3n) is 4.60. The molecule has 3 N–H and O–H groups in total. The van der Waals surface area contributed by atoms with Gasteiger partial charge in [0.15, 0.2) is 0 Å². The number of hydrogen-bond donors (Lipinski definition) is 3. The number of aryl methyl sites for hydroxylation is 1. The van der Waals surface area contributed by atoms with Gasteiger partial charge in [-0.15, -0.1) is 11.3 Å². The topological polar surface area (TPSA) is 103 Å². The lowest BCUT2D eigenvalue weighted by molar-refractivity contribution is -0.125. The van der Waals surface area contributed by atoms with Crippen molar-refractivity contribution >= 4 is 23.3 Å². The van der Waals surface area contributed by atoms with Gasteiger partial charge in [0.05, 0.1) is 34.8 Å². The molecule has 0 spiro atoms. The van der Waals surface area contributed by atoms with E-state index in [1.54, 1.807) is 11.3 Å². The molecule has 2 heterocycles. The van der Waals surface area contributed by atoms with Crippen molar-refractivity contribution in [3.05, 3.63) is 41.0 Å². The Morgan fingerprint density at radius 1 is 1.35 bits per heavy atom. The Labute approximate surface area is 155 Å². The second kappa shape index (κ2) is 7.43. The maximum absolute atomic E-state index is 12.5. The van der Waals surface area contributed by atoms with E-state index in [9.17, 15) is 19.8 Å². The van der Waals surface area contributed by atoms with Crippen LogP contribution in [0.15, 0.2) is 29.8 Å². The van der Waals surface area contributed by atoms with E-state index in [4.69, 9.17) is 0 Å². The van der Waals surface area contributed by atoms with Crippen molar-refractivity contribution in [1.29, 1.82) is 0 Å². The number of aliphatic hydroxyl groups excluding tert-OH is 1. The van der Waals surface area contributed by atoms with Gasteiger partial charge in [-0.2, -0.15) is 0 Å². The van der Waals surface area contributed by atoms with Crippen LogP contribution < -0.4 is 5.32 Å². The van der Waals surface area contributed by atoms with Crippen LogP contribution in [-0.2, 0) is 4.79 Å². The first kappa shape index (κ1) is 18.3. The smallest absolute Gasteiger partial charge is 0.408 e. The van der Waals surface area contributed by atoms with Gasteiger partial charge in [0.25, 0.3) is 0 Å². The van der Waals surface area contributed by atoms with Crippen molar-refractivity contribution in [1.82, 2.24) is 15.2 Å². The highest BCUT2D eigenvalue weighted by Crippen LogP contribution is 2.28. The summed E-state index contributed by atoms with van der Waals surface area (Å²) < 4.78 is 0. The molecule has 0 bridgehead atoms. The molecule has 2 amide bonds. The Bertz CT molecular complexity index is 805. The molecule has 3 rings (SSSR count). The van der Waals surface area contributed by atoms with Crippen LogP contribution in [0.2, 0.25) is 0 Å². The highest BCUT2D eigenvalue weighted by molar-refractivity contribution is 7.13. The number of nitrogens with zero attached hydrogens (tertiary/aromatic N) is 2. The van der Waals surface area contributed by atoms with Crippen LogP contribution in [0.3, 0.4) is 0 Å². The Morgan fingerprint density at radius 2 is 2.04 bits per heavy atom. The van der Waals surface area contributed by atoms with E-state index in [1.165, 1.54) is 0 Å². The molecule has 0 aliphatic carbocycles. The number of aliphatic hydroxyl groups is 1. The molecule has 0 saturated carbocycles. The molecule has 3 atom stereocenters. The maximum Gasteiger partial charge on any atom is 0.408 e. The van der Waals surface area contributed by atoms with Crippen LogP contribution in [0.1, 0.15) is 30.6 Å². The first-order chi connectivity index (χ1) is 12.4. The molecule has 138 valence electrons. The standard InChI is InChI=1S/C18H21N3O4S/c1-10(20-17(23)15-7-14(22)8-21(15)18(24)25)12-3-5-13(6-4-12)16-11(2)19-9-26-16/h3-6,9-10,14-15,22H,7-8H2,1-2H3,(H,20,23)(H,24,25)/t10?,14?,15-/m1/s1. The summed E-state index contributed by atoms with van der Waals surface area (Å²) in [6.45, 7) is 3.78. The van der Waals surface area contributed by atoms with Crippen molar-refractivity contribution in [2.24, 2.45) is 0 Å². The average Bonchev–Trinajstić information content (AvgIpc) is 3.20. The summed E-state index contributed by atoms with van der Waals surface area (Å²) in [7, 11) is 0. The second-order valence-corrected chi connectivity index (χ2v) is 7.31. The molecule has 1 aromatic heterocycles. The number of aromatic nitrogens is 1. The van der Waals surface area contributed by atoms with Crippen molar-refractivity contribution < 1.29 is 19.8 Å². The number of nitrogens with one attached hydrogen (secondary N) is 1. The van der Waals surface area contributed by atoms with Crippen molar-refractivity contribution in [3.8, 4) is 10.4 Å². The molecule has 2 aromatic rings. The average molecular weight is 375 g/mol. The van der Waals surface area contributed by atoms with Crippen LogP contribution in [0, 0.1) is 6.92 Å². The van der Waals surface area contributed by atoms with Crippen LogP contribution in [0.5, 0.6) is 0 Å². The first-order valence-corrected chi connectivity index (χ1v) is 9.23. The quantitative estimate of drug-likeness (QED) is 0.761. The Kier molecular flexibility index (Phi) is 5.24. The monoisotopic (exact) mass is 375 g/mol. The molecule has 26 heavy (non-hydrogen) atoms. The summed E-state index contributed by atoms with van der Waals surface area (Å²) in [5.74, 6) is -0.390. The zero-order chi connectivity index (χ0) is 18.8. The zero-order valence-corrected chi connectivity index (χ0v) is 15.4. The Balaban J connectivity index is 1.68. The molecule has 2 unspecified atom stereocenters. The van der Waals surface area contributed by atoms with E-state index in [0.717, 1.165) is 26.6 Å². The zero-order valence-electron chi connectivity index (χ0n) is 14.5. The number of hydrogen-bond acceptors (Lipinski definition) is 5. The molecule has 7 nitrogen and oxygen atoms in total. The highest BCUT2D eigenvalue weighted by Gasteiger charge is 2.39. The number of carboxylic acid groups (broad SMARTS) is 1. The lowest BCUT2D eigenvalue weighted by Gasteiger charge is -2.23. The van der Waals surface area contributed by atoms with Gasteiger partial charge in [-0.05, 0) is 25.0 Å². The van der Waals surface area contributed by atoms with Crippen LogP contribution in [0.4, 0.5) is 4.79 Å². The van der Waals surface area contributed by atoms with Crippen molar-refractivity contribution in [2.75, 3.05) is 6.54 Å². The van der Waals surface area contributed by atoms with E-state index in [1.807, 2.05) is 43.6 Å². The normalized spacial score (nSPS) is 20.8. The number of rotatable bonds is 4. The van der Waals surface area contributed by atoms with Gasteiger partial charge in [0.2, 0.25) is 5.91 Å². The van der Waals surface area contributed by atoms with Crippen molar-refractivity contribution in [3.63, 3.8) is 0 Å². The number of benzene rings is 1. The predicted octanol–water partition coefficient (Wildman–Crippen LogP) is 2.41. The van der Waals surface area contributed by atoms with Crippen LogP contribution in [-0.4, -0.2) is 50.8 Å². The summed E-state index contributed by atoms with van der Waals surface area (Å²) >= 11 is 1.58. The van der Waals surface area contributed by atoms with Gasteiger partial charge in [0, 0.05) is 6.42 Å². The van der Waals surface area contributed by atoms with Crippen molar-refractivity contribution in [2.45, 2.75) is 38.5 Å². The fraction of sp³-hybridized carbons (Fsp3) is 0.389. The minimum Gasteiger partial charge on any atom is -0.465 e. The lowest BCUT2D eigenvalue weighted by Crippen LogP contribution is -2.46. The Hall–Kier alpha value is -2.45. The van der Waals surface area contributed by atoms with Gasteiger partial charge >= 0.3 is 6.09 Å². The summed E-state index contributed by atoms with van der Waals surface area (Å²) in [6, 6.07) is 6.73. The van der Waals surface area contributed by atoms with Crippen LogP contribution in [0.25, 0.3) is 10.4 Å². The highest BCUT2D eigenvalue weighted by atomic mass is 32.1. The van der Waals surface area contributed by atoms with Crippen LogP contribution >= 0.6 is 11.3 Å². The first-order valence-electron chi connectivity index (χ1n) is 8.35. The number of carbonyl (C=O) groups is 2. The molecular formula is C18H21N3O4S. The Morgan fingerprint density at radius 3 is 2.62 bits per heavy atom. The van der Waals surface area contributed by atoms with Gasteiger partial charge < -0.3 is 15.5 Å². The van der Waals surface area contributed by atoms with E-state index < -0.39 is 18.2 Å². The van der Waals surface area contributed by atoms with E-state index in [-0.39, 0.29) is 24.9 Å². The minimum atomic E-state index is -1.20. The molecule has 1 aromatic carbocycles. The van der Waals surface area contributed by atoms with E-state index >= 15 is 0 Å². The van der Waals surface area contributed by atoms with Gasteiger partial charge in [-0.1, -0.05) is 24.3 Å². The molecule has 0 radical (unpaired) electrons. The molecule has 1 fully saturated rings. The molecule has 1 aliphatic heterocycles. The number of thiazole rings is 1. The number of likely N-dealkylation sites (tertiary alicyclic amines) is 1. The minimum absolute atomic E-state index is 0.0370. The summed E-state index contributed by atoms with van der Waals surface area (Å²) in [5.41, 5.74) is 4.79. The summed E-state index contributed by atoms with van der Waals surface area (Å²) in [4.78, 5) is 30.0. The van der Waals surface area contributed by atoms with Gasteiger partial charge in [0.1, 0.15) is 6.04 Å². The van der Waals surface area contributed by atoms with E-state index in [0.29, 0.717) is 0 Å². The largest absolute Gasteiger partial charge is 0.465 e. The number of amides is 2. The fourth-order valence-corrected chi connectivity index (χ4v) is 3.98. The maximum atomic E-state index is 12.5. The summed E-state index contributed by atoms with van der Waals surface area (Å²) in [6.07, 6.45) is -1.88. The fourth-order valence-electron chi connectivity index (χ4n) is 3.17. The summed E-state index contributed by atoms with van der Waals surface area (Å²) in [5, 5.41) is 21.7. The SMILES string of the molecule is Cc1ncsc1-c1ccc(C(C)NC(=O)[C@H]2CC(O)CN2C(=O)O)cc1. The molecular weight excluding hydrogens is 354 g/mol. The molecule has 1 saturated heterocycles. The van der Waals surface area contributed by atoms with Gasteiger partial charge in [-0.3, -0.25) is 9.69 Å². The number of β-amino-alcohol motifs (C(OH)–C–C–N with tert-alkyl or cyclic N) is 1. The second-order valence-electron chi connectivity index (χ2n) is 6.46. The molecule has 8 heteroatoms. The third kappa shape index (κ3) is 3.71. The van der Waals surface area contributed by atoms with E-state index in [2.05, 4.69) is 10.3 Å². The molecule has 1 aliphatic rings. The van der Waals surface area contributed by atoms with Gasteiger partial charge in [-0.25, -0.2) is 9.78 Å². The predicted molar refractivity (Wildman–Crippen MR) is 98.0 cm³/mol. The third-order valence-corrected chi connectivity index (χ3v) is 5.58. The number of carbonyl (C=O) groups excluding carboxylic acids is 1. The lowest BCUT2D eigenvalue weighted by atomic mass is 10.0.